The van der Waals surface area contributed by atoms with Gasteiger partial charge in [-0.2, -0.15) is 16.8 Å². The predicted octanol–water partition coefficient (Wildman–Crippen LogP) is -0.523. The molecule has 0 saturated carbocycles. The van der Waals surface area contributed by atoms with E-state index in [1.165, 1.54) is 12.7 Å². The van der Waals surface area contributed by atoms with E-state index in [0.29, 0.717) is 17.0 Å². The number of hydrogen-bond acceptors (Lipinski definition) is 8. The van der Waals surface area contributed by atoms with Gasteiger partial charge in [-0.05, 0) is 12.8 Å². The highest BCUT2D eigenvalue weighted by molar-refractivity contribution is 7.86. The lowest BCUT2D eigenvalue weighted by atomic mass is 10.4. The summed E-state index contributed by atoms with van der Waals surface area (Å²) in [6.45, 7) is 0. The van der Waals surface area contributed by atoms with Gasteiger partial charge in [0.05, 0.1) is 17.8 Å². The van der Waals surface area contributed by atoms with E-state index in [-0.39, 0.29) is 12.8 Å². The number of aromatic amines is 1. The van der Waals surface area contributed by atoms with Gasteiger partial charge < -0.3 is 10.7 Å². The Bertz CT molecular complexity index is 782. The summed E-state index contributed by atoms with van der Waals surface area (Å²) < 4.78 is 56.8. The summed E-state index contributed by atoms with van der Waals surface area (Å²) in [6.07, 6.45) is 2.95. The normalized spacial score (nSPS) is 11.9. The molecule has 0 spiro atoms. The van der Waals surface area contributed by atoms with Crippen LogP contribution >= 0.6 is 0 Å². The van der Waals surface area contributed by atoms with Crippen LogP contribution < -0.4 is 5.73 Å². The molecule has 0 bridgehead atoms. The number of imidazole rings is 1. The van der Waals surface area contributed by atoms with Crippen molar-refractivity contribution in [3.05, 3.63) is 12.7 Å². The Labute approximate surface area is 126 Å². The van der Waals surface area contributed by atoms with E-state index in [1.54, 1.807) is 0 Å². The van der Waals surface area contributed by atoms with Gasteiger partial charge in [-0.3, -0.25) is 9.11 Å². The van der Waals surface area contributed by atoms with Gasteiger partial charge in [0, 0.05) is 0 Å². The summed E-state index contributed by atoms with van der Waals surface area (Å²) in [5.41, 5.74) is 6.78. The van der Waals surface area contributed by atoms with Crippen LogP contribution in [0.3, 0.4) is 0 Å². The number of fused-ring (bicyclic) bond motifs is 1. The Morgan fingerprint density at radius 2 is 1.55 bits per heavy atom. The van der Waals surface area contributed by atoms with Gasteiger partial charge in [0.15, 0.2) is 11.5 Å². The maximum atomic E-state index is 10.1. The highest BCUT2D eigenvalue weighted by atomic mass is 32.2. The third-order valence-corrected chi connectivity index (χ3v) is 3.92. The van der Waals surface area contributed by atoms with Crippen molar-refractivity contribution in [2.45, 2.75) is 12.8 Å². The van der Waals surface area contributed by atoms with Crippen molar-refractivity contribution in [2.75, 3.05) is 17.2 Å². The van der Waals surface area contributed by atoms with Crippen molar-refractivity contribution in [2.24, 2.45) is 0 Å². The first kappa shape index (κ1) is 18.2. The number of anilines is 1. The SMILES string of the molecule is Nc1ncnc2nc[nH]c12.O=S(=O)(O)CCCCS(=O)(=O)O. The lowest BCUT2D eigenvalue weighted by Crippen LogP contribution is -2.08. The van der Waals surface area contributed by atoms with Crippen LogP contribution in [0.1, 0.15) is 12.8 Å². The van der Waals surface area contributed by atoms with Crippen LogP contribution in [0.15, 0.2) is 12.7 Å². The molecule has 0 aliphatic rings. The molecule has 22 heavy (non-hydrogen) atoms. The maximum absolute atomic E-state index is 10.1. The Balaban J connectivity index is 0.000000222. The van der Waals surface area contributed by atoms with Gasteiger partial charge in [-0.25, -0.2) is 15.0 Å². The molecule has 0 aromatic carbocycles. The number of unbranched alkanes of at least 4 members (excludes halogenated alkanes) is 1. The highest BCUT2D eigenvalue weighted by Crippen LogP contribution is 2.09. The molecule has 2 rings (SSSR count). The predicted molar refractivity (Wildman–Crippen MR) is 78.2 cm³/mol. The molecule has 2 heterocycles. The van der Waals surface area contributed by atoms with Gasteiger partial charge in [0.1, 0.15) is 11.8 Å². The molecule has 0 aliphatic carbocycles. The molecule has 0 atom stereocenters. The summed E-state index contributed by atoms with van der Waals surface area (Å²) in [5, 5.41) is 0. The fraction of sp³-hybridized carbons (Fsp3) is 0.444. The van der Waals surface area contributed by atoms with Crippen molar-refractivity contribution in [1.82, 2.24) is 19.9 Å². The molecule has 124 valence electrons. The summed E-state index contributed by atoms with van der Waals surface area (Å²) in [5.74, 6) is -0.534. The molecule has 0 saturated heterocycles. The molecular weight excluding hydrogens is 338 g/mol. The number of nitrogens with one attached hydrogen (secondary N) is 1. The number of aromatic nitrogens is 4. The van der Waals surface area contributed by atoms with E-state index < -0.39 is 31.7 Å². The van der Waals surface area contributed by atoms with Crippen LogP contribution in [-0.2, 0) is 20.2 Å². The molecular formula is C9H15N5O6S2. The number of hydrogen-bond donors (Lipinski definition) is 4. The molecule has 11 nitrogen and oxygen atoms in total. The third-order valence-electron chi connectivity index (χ3n) is 2.31. The molecule has 0 aliphatic heterocycles. The number of H-pyrrole nitrogens is 1. The zero-order valence-electron chi connectivity index (χ0n) is 11.2. The third kappa shape index (κ3) is 7.26. The van der Waals surface area contributed by atoms with Gasteiger partial charge in [0.25, 0.3) is 20.2 Å². The van der Waals surface area contributed by atoms with Crippen molar-refractivity contribution >= 4 is 37.2 Å². The van der Waals surface area contributed by atoms with Crippen LogP contribution in [-0.4, -0.2) is 57.4 Å². The summed E-state index contributed by atoms with van der Waals surface area (Å²) in [6, 6.07) is 0. The van der Waals surface area contributed by atoms with Crippen LogP contribution in [0, 0.1) is 0 Å². The minimum Gasteiger partial charge on any atom is -0.382 e. The van der Waals surface area contributed by atoms with Crippen LogP contribution in [0.2, 0.25) is 0 Å². The van der Waals surface area contributed by atoms with Crippen molar-refractivity contribution in [1.29, 1.82) is 0 Å². The first-order chi connectivity index (χ1) is 10.1. The number of nitrogens with zero attached hydrogens (tertiary/aromatic N) is 3. The second-order valence-electron chi connectivity index (χ2n) is 4.14. The average molecular weight is 353 g/mol. The maximum Gasteiger partial charge on any atom is 0.264 e. The number of nitrogens with two attached hydrogens (primary N) is 1. The minimum absolute atomic E-state index is 0.0125. The van der Waals surface area contributed by atoms with E-state index in [1.807, 2.05) is 0 Å². The molecule has 5 N–H and O–H groups in total. The van der Waals surface area contributed by atoms with Crippen LogP contribution in [0.4, 0.5) is 5.82 Å². The minimum atomic E-state index is -4.02. The molecule has 0 amide bonds. The Morgan fingerprint density at radius 3 is 2.00 bits per heavy atom. The van der Waals surface area contributed by atoms with Gasteiger partial charge >= 0.3 is 0 Å². The van der Waals surface area contributed by atoms with E-state index in [0.717, 1.165) is 0 Å². The lowest BCUT2D eigenvalue weighted by molar-refractivity contribution is 0.473. The summed E-state index contributed by atoms with van der Waals surface area (Å²) >= 11 is 0. The standard InChI is InChI=1S/C5H5N5.C4H10O6S2/c6-4-3-5(9-1-7-3)10-2-8-4;5-11(6,7)3-1-2-4-12(8,9)10/h1-2H,(H3,6,7,8,9,10);1-4H2,(H,5,6,7)(H,8,9,10). The molecule has 0 radical (unpaired) electrons. The lowest BCUT2D eigenvalue weighted by Gasteiger charge is -1.96. The van der Waals surface area contributed by atoms with E-state index in [2.05, 4.69) is 19.9 Å². The molecule has 13 heteroatoms. The zero-order chi connectivity index (χ0) is 16.8. The fourth-order valence-electron chi connectivity index (χ4n) is 1.35. The second kappa shape index (κ2) is 7.44. The monoisotopic (exact) mass is 353 g/mol. The van der Waals surface area contributed by atoms with Gasteiger partial charge in [-0.1, -0.05) is 0 Å². The zero-order valence-corrected chi connectivity index (χ0v) is 12.9. The number of rotatable bonds is 5. The van der Waals surface area contributed by atoms with E-state index in [9.17, 15) is 16.8 Å². The van der Waals surface area contributed by atoms with E-state index in [4.69, 9.17) is 14.8 Å². The van der Waals surface area contributed by atoms with Crippen LogP contribution in [0.25, 0.3) is 11.2 Å². The molecule has 0 unspecified atom stereocenters. The summed E-state index contributed by atoms with van der Waals surface area (Å²) in [4.78, 5) is 14.4. The smallest absolute Gasteiger partial charge is 0.264 e. The highest BCUT2D eigenvalue weighted by Gasteiger charge is 2.07. The van der Waals surface area contributed by atoms with Crippen molar-refractivity contribution in [3.63, 3.8) is 0 Å². The molecule has 0 fully saturated rings. The Hall–Kier alpha value is -1.83. The Morgan fingerprint density at radius 1 is 1.00 bits per heavy atom. The van der Waals surface area contributed by atoms with E-state index >= 15 is 0 Å². The topological polar surface area (TPSA) is 189 Å². The second-order valence-corrected chi connectivity index (χ2v) is 7.28. The first-order valence-electron chi connectivity index (χ1n) is 5.88. The average Bonchev–Trinajstić information content (AvgIpc) is 2.83. The molecule has 2 aromatic rings. The van der Waals surface area contributed by atoms with Crippen LogP contribution in [0.5, 0.6) is 0 Å². The quantitative estimate of drug-likeness (QED) is 0.402. The number of nitrogen functional groups attached to an aromatic ring is 1. The first-order valence-corrected chi connectivity index (χ1v) is 9.10. The van der Waals surface area contributed by atoms with Gasteiger partial charge in [0.2, 0.25) is 0 Å². The largest absolute Gasteiger partial charge is 0.382 e. The molecule has 2 aromatic heterocycles. The summed E-state index contributed by atoms with van der Waals surface area (Å²) in [7, 11) is -8.04. The van der Waals surface area contributed by atoms with Crippen molar-refractivity contribution < 1.29 is 25.9 Å². The fourth-order valence-corrected chi connectivity index (χ4v) is 2.49. The Kier molecular flexibility index (Phi) is 6.16. The van der Waals surface area contributed by atoms with Gasteiger partial charge in [-0.15, -0.1) is 0 Å². The van der Waals surface area contributed by atoms with Crippen molar-refractivity contribution in [3.8, 4) is 0 Å².